The van der Waals surface area contributed by atoms with Crippen molar-refractivity contribution < 1.29 is 24.5 Å². The van der Waals surface area contributed by atoms with Gasteiger partial charge in [0.1, 0.15) is 17.2 Å². The molecule has 0 bridgehead atoms. The summed E-state index contributed by atoms with van der Waals surface area (Å²) < 4.78 is 11.4. The summed E-state index contributed by atoms with van der Waals surface area (Å²) in [6, 6.07) is 7.71. The molecule has 0 atom stereocenters. The molecule has 0 saturated heterocycles. The fraction of sp³-hybridized carbons (Fsp3) is 0.300. The Morgan fingerprint density at radius 2 is 1.93 bits per heavy atom. The van der Waals surface area contributed by atoms with Crippen LogP contribution < -0.4 is 5.76 Å². The highest BCUT2D eigenvalue weighted by Gasteiger charge is 2.21. The average molecular weight is 386 g/mol. The Bertz CT molecular complexity index is 1040. The minimum absolute atomic E-state index is 0.0457. The Kier molecular flexibility index (Phi) is 5.70. The second-order valence-electron chi connectivity index (χ2n) is 6.31. The van der Waals surface area contributed by atoms with Gasteiger partial charge in [0.05, 0.1) is 19.6 Å². The van der Waals surface area contributed by atoms with E-state index in [-0.39, 0.29) is 36.1 Å². The molecular formula is C20H22N2O6. The number of phenols is 3. The number of phenolic OH excluding ortho intramolecular Hbond substituents is 3. The lowest BCUT2D eigenvalue weighted by atomic mass is 9.90. The van der Waals surface area contributed by atoms with Crippen molar-refractivity contribution >= 4 is 0 Å². The number of nitrogens with zero attached hydrogens (tertiary/aromatic N) is 2. The Labute approximate surface area is 161 Å². The molecule has 3 rings (SSSR count). The summed E-state index contributed by atoms with van der Waals surface area (Å²) in [4.78, 5) is 12.0. The summed E-state index contributed by atoms with van der Waals surface area (Å²) in [7, 11) is 1.52. The van der Waals surface area contributed by atoms with E-state index in [2.05, 4.69) is 5.10 Å². The van der Waals surface area contributed by atoms with Crippen LogP contribution in [0.25, 0.3) is 11.1 Å². The molecule has 148 valence electrons. The average Bonchev–Trinajstić information content (AvgIpc) is 2.99. The molecule has 0 radical (unpaired) electrons. The second kappa shape index (κ2) is 8.18. The minimum atomic E-state index is -0.603. The molecule has 0 aliphatic carbocycles. The largest absolute Gasteiger partial charge is 0.508 e. The minimum Gasteiger partial charge on any atom is -0.508 e. The Morgan fingerprint density at radius 1 is 1.14 bits per heavy atom. The summed E-state index contributed by atoms with van der Waals surface area (Å²) in [5, 5.41) is 34.8. The number of hydrogen-bond donors (Lipinski definition) is 3. The van der Waals surface area contributed by atoms with Gasteiger partial charge in [-0.1, -0.05) is 19.1 Å². The molecule has 0 fully saturated rings. The van der Waals surface area contributed by atoms with E-state index in [9.17, 15) is 20.1 Å². The highest BCUT2D eigenvalue weighted by molar-refractivity contribution is 5.78. The molecular weight excluding hydrogens is 364 g/mol. The van der Waals surface area contributed by atoms with Crippen molar-refractivity contribution in [3.63, 3.8) is 0 Å². The zero-order valence-electron chi connectivity index (χ0n) is 15.7. The second-order valence-corrected chi connectivity index (χ2v) is 6.31. The number of ether oxygens (including phenoxy) is 1. The maximum absolute atomic E-state index is 12.0. The lowest BCUT2D eigenvalue weighted by Crippen LogP contribution is -2.18. The molecule has 0 spiro atoms. The predicted octanol–water partition coefficient (Wildman–Crippen LogP) is 2.42. The molecule has 1 aromatic heterocycles. The van der Waals surface area contributed by atoms with Crippen LogP contribution in [0.15, 0.2) is 39.5 Å². The van der Waals surface area contributed by atoms with E-state index in [4.69, 9.17) is 9.15 Å². The third-order valence-corrected chi connectivity index (χ3v) is 4.48. The van der Waals surface area contributed by atoms with Gasteiger partial charge in [-0.2, -0.15) is 4.68 Å². The van der Waals surface area contributed by atoms with Gasteiger partial charge in [0.2, 0.25) is 5.89 Å². The summed E-state index contributed by atoms with van der Waals surface area (Å²) in [6.45, 7) is 2.44. The van der Waals surface area contributed by atoms with Gasteiger partial charge in [-0.05, 0) is 35.2 Å². The van der Waals surface area contributed by atoms with Crippen LogP contribution in [-0.2, 0) is 24.1 Å². The maximum Gasteiger partial charge on any atom is 0.437 e. The fourth-order valence-electron chi connectivity index (χ4n) is 3.21. The van der Waals surface area contributed by atoms with Gasteiger partial charge in [0, 0.05) is 18.7 Å². The summed E-state index contributed by atoms with van der Waals surface area (Å²) in [5.74, 6) is -0.600. The molecule has 1 heterocycles. The van der Waals surface area contributed by atoms with Crippen LogP contribution in [-0.4, -0.2) is 38.8 Å². The van der Waals surface area contributed by atoms with E-state index < -0.39 is 5.76 Å². The van der Waals surface area contributed by atoms with Gasteiger partial charge in [-0.3, -0.25) is 0 Å². The van der Waals surface area contributed by atoms with Crippen molar-refractivity contribution in [3.05, 3.63) is 57.9 Å². The van der Waals surface area contributed by atoms with Gasteiger partial charge in [-0.25, -0.2) is 4.79 Å². The zero-order valence-corrected chi connectivity index (χ0v) is 15.7. The van der Waals surface area contributed by atoms with Gasteiger partial charge < -0.3 is 24.5 Å². The predicted molar refractivity (Wildman–Crippen MR) is 102 cm³/mol. The fourth-order valence-corrected chi connectivity index (χ4v) is 3.21. The molecule has 2 aromatic carbocycles. The van der Waals surface area contributed by atoms with Crippen molar-refractivity contribution in [1.82, 2.24) is 9.78 Å². The van der Waals surface area contributed by atoms with Crippen molar-refractivity contribution in [3.8, 4) is 28.4 Å². The van der Waals surface area contributed by atoms with Gasteiger partial charge in [0.25, 0.3) is 0 Å². The van der Waals surface area contributed by atoms with Crippen LogP contribution in [0, 0.1) is 0 Å². The van der Waals surface area contributed by atoms with Crippen LogP contribution in [0.4, 0.5) is 0 Å². The quantitative estimate of drug-likeness (QED) is 0.571. The van der Waals surface area contributed by atoms with E-state index in [0.29, 0.717) is 35.3 Å². The van der Waals surface area contributed by atoms with Crippen molar-refractivity contribution in [1.29, 1.82) is 0 Å². The Balaban J connectivity index is 2.12. The first kappa shape index (κ1) is 19.5. The van der Waals surface area contributed by atoms with Crippen molar-refractivity contribution in [2.45, 2.75) is 26.3 Å². The third-order valence-electron chi connectivity index (χ3n) is 4.48. The van der Waals surface area contributed by atoms with Crippen LogP contribution >= 0.6 is 0 Å². The molecule has 8 nitrogen and oxygen atoms in total. The number of methoxy groups -OCH3 is 1. The first-order valence-corrected chi connectivity index (χ1v) is 8.86. The summed E-state index contributed by atoms with van der Waals surface area (Å²) in [5.41, 5.74) is 2.19. The molecule has 0 aliphatic heterocycles. The molecule has 3 N–H and O–H groups in total. The zero-order chi connectivity index (χ0) is 20.3. The maximum atomic E-state index is 12.0. The number of aromatic hydroxyl groups is 3. The van der Waals surface area contributed by atoms with Crippen LogP contribution in [0.5, 0.6) is 17.2 Å². The highest BCUT2D eigenvalue weighted by Crippen LogP contribution is 2.41. The molecule has 0 amide bonds. The topological polar surface area (TPSA) is 118 Å². The first-order chi connectivity index (χ1) is 13.4. The number of rotatable bonds is 7. The molecule has 0 saturated carbocycles. The monoisotopic (exact) mass is 386 g/mol. The Hall–Kier alpha value is -3.26. The summed E-state index contributed by atoms with van der Waals surface area (Å²) >= 11 is 0. The normalized spacial score (nSPS) is 11.1. The SMILES string of the molecule is CCc1c(O)cc(O)c(-c2cccc(O)c2)c1Cc1nn(CCOC)c(=O)o1. The lowest BCUT2D eigenvalue weighted by molar-refractivity contribution is 0.181. The van der Waals surface area contributed by atoms with Gasteiger partial charge >= 0.3 is 5.76 Å². The Morgan fingerprint density at radius 3 is 2.61 bits per heavy atom. The van der Waals surface area contributed by atoms with Gasteiger partial charge in [-0.15, -0.1) is 5.10 Å². The van der Waals surface area contributed by atoms with Crippen LogP contribution in [0.3, 0.4) is 0 Å². The van der Waals surface area contributed by atoms with Crippen molar-refractivity contribution in [2.75, 3.05) is 13.7 Å². The third kappa shape index (κ3) is 3.86. The van der Waals surface area contributed by atoms with Crippen LogP contribution in [0.1, 0.15) is 23.9 Å². The van der Waals surface area contributed by atoms with E-state index in [1.165, 1.54) is 30.0 Å². The van der Waals surface area contributed by atoms with Crippen molar-refractivity contribution in [2.24, 2.45) is 0 Å². The van der Waals surface area contributed by atoms with E-state index >= 15 is 0 Å². The lowest BCUT2D eigenvalue weighted by Gasteiger charge is -2.17. The smallest absolute Gasteiger partial charge is 0.437 e. The van der Waals surface area contributed by atoms with E-state index in [0.717, 1.165) is 0 Å². The molecule has 28 heavy (non-hydrogen) atoms. The van der Waals surface area contributed by atoms with Gasteiger partial charge in [0.15, 0.2) is 0 Å². The molecule has 8 heteroatoms. The number of hydrogen-bond acceptors (Lipinski definition) is 7. The highest BCUT2D eigenvalue weighted by atomic mass is 16.5. The molecule has 0 unspecified atom stereocenters. The van der Waals surface area contributed by atoms with E-state index in [1.54, 1.807) is 12.1 Å². The van der Waals surface area contributed by atoms with Crippen LogP contribution in [0.2, 0.25) is 0 Å². The molecule has 3 aromatic rings. The standard InChI is InChI=1S/C20H22N2O6/c1-3-14-15(10-18-21-22(7-8-27-2)20(26)28-18)19(17(25)11-16(14)24)12-5-4-6-13(23)9-12/h4-6,9,11,23-25H,3,7-8,10H2,1-2H3. The molecule has 0 aliphatic rings. The summed E-state index contributed by atoms with van der Waals surface area (Å²) in [6.07, 6.45) is 0.577. The number of aromatic nitrogens is 2. The first-order valence-electron chi connectivity index (χ1n) is 8.86. The van der Waals surface area contributed by atoms with E-state index in [1.807, 2.05) is 6.92 Å². The number of benzene rings is 2.